The molecule has 1 aromatic carbocycles. The third-order valence-electron chi connectivity index (χ3n) is 3.20. The van der Waals surface area contributed by atoms with Gasteiger partial charge in [-0.15, -0.1) is 0 Å². The molecule has 2 aromatic rings. The Balaban J connectivity index is 1.53. The summed E-state index contributed by atoms with van der Waals surface area (Å²) in [7, 11) is 0. The van der Waals surface area contributed by atoms with E-state index in [4.69, 9.17) is 23.7 Å². The van der Waals surface area contributed by atoms with Gasteiger partial charge in [0.2, 0.25) is 12.7 Å². The van der Waals surface area contributed by atoms with Crippen molar-refractivity contribution < 1.29 is 33.6 Å². The number of amides is 1. The number of aromatic nitrogens is 1. The molecule has 9 heteroatoms. The van der Waals surface area contributed by atoms with Crippen molar-refractivity contribution in [3.05, 3.63) is 36.0 Å². The lowest BCUT2D eigenvalue weighted by molar-refractivity contribution is 0.0798. The summed E-state index contributed by atoms with van der Waals surface area (Å²) < 4.78 is 21.2. The molecule has 3 N–H and O–H groups in total. The van der Waals surface area contributed by atoms with Crippen LogP contribution in [-0.4, -0.2) is 47.2 Å². The van der Waals surface area contributed by atoms with Gasteiger partial charge < -0.3 is 34.2 Å². The van der Waals surface area contributed by atoms with Crippen molar-refractivity contribution in [1.29, 1.82) is 0 Å². The Morgan fingerprint density at radius 2 is 2.21 bits per heavy atom. The number of benzene rings is 1. The van der Waals surface area contributed by atoms with Gasteiger partial charge in [-0.05, 0) is 12.1 Å². The number of ether oxygens (including phenoxy) is 3. The fourth-order valence-electron chi connectivity index (χ4n) is 1.96. The van der Waals surface area contributed by atoms with E-state index in [1.54, 1.807) is 18.2 Å². The van der Waals surface area contributed by atoms with Crippen LogP contribution in [-0.2, 0) is 6.61 Å². The standard InChI is InChI=1S/C15H16N2O7/c18-5-9(19)4-16-15(20)11-6-22-14(17-11)7-21-10-1-2-12-13(3-10)24-8-23-12/h1-3,6,9,18-19H,4-5,7-8H2,(H,16,20). The Morgan fingerprint density at radius 3 is 3.04 bits per heavy atom. The number of nitrogens with one attached hydrogen (secondary N) is 1. The van der Waals surface area contributed by atoms with Crippen LogP contribution in [0.4, 0.5) is 0 Å². The van der Waals surface area contributed by atoms with E-state index in [1.165, 1.54) is 6.26 Å². The zero-order valence-electron chi connectivity index (χ0n) is 12.6. The van der Waals surface area contributed by atoms with Crippen molar-refractivity contribution in [2.24, 2.45) is 0 Å². The van der Waals surface area contributed by atoms with Crippen molar-refractivity contribution in [2.45, 2.75) is 12.7 Å². The predicted molar refractivity (Wildman–Crippen MR) is 78.8 cm³/mol. The van der Waals surface area contributed by atoms with Crippen LogP contribution in [0.1, 0.15) is 16.4 Å². The van der Waals surface area contributed by atoms with Gasteiger partial charge in [0.05, 0.1) is 12.7 Å². The molecule has 24 heavy (non-hydrogen) atoms. The number of rotatable bonds is 7. The molecule has 128 valence electrons. The van der Waals surface area contributed by atoms with Crippen LogP contribution in [0.5, 0.6) is 17.2 Å². The summed E-state index contributed by atoms with van der Waals surface area (Å²) in [5, 5.41) is 20.3. The zero-order chi connectivity index (χ0) is 16.9. The highest BCUT2D eigenvalue weighted by molar-refractivity contribution is 5.91. The van der Waals surface area contributed by atoms with E-state index in [9.17, 15) is 9.90 Å². The molecule has 3 rings (SSSR count). The SMILES string of the molecule is O=C(NCC(O)CO)c1coc(COc2ccc3c(c2)OCO3)n1. The lowest BCUT2D eigenvalue weighted by Gasteiger charge is -2.07. The van der Waals surface area contributed by atoms with Crippen molar-refractivity contribution in [3.63, 3.8) is 0 Å². The molecule has 1 unspecified atom stereocenters. The molecule has 1 aromatic heterocycles. The van der Waals surface area contributed by atoms with E-state index in [1.807, 2.05) is 0 Å². The third-order valence-corrected chi connectivity index (χ3v) is 3.20. The van der Waals surface area contributed by atoms with Gasteiger partial charge in [-0.3, -0.25) is 4.79 Å². The van der Waals surface area contributed by atoms with Crippen molar-refractivity contribution in [2.75, 3.05) is 19.9 Å². The first-order valence-electron chi connectivity index (χ1n) is 7.19. The summed E-state index contributed by atoms with van der Waals surface area (Å²) in [4.78, 5) is 15.8. The maximum atomic E-state index is 11.8. The largest absolute Gasteiger partial charge is 0.484 e. The molecule has 1 amide bonds. The first-order chi connectivity index (χ1) is 11.7. The van der Waals surface area contributed by atoms with Gasteiger partial charge in [-0.1, -0.05) is 0 Å². The number of hydrogen-bond acceptors (Lipinski definition) is 8. The summed E-state index contributed by atoms with van der Waals surface area (Å²) in [5.41, 5.74) is 0.0597. The van der Waals surface area contributed by atoms with Crippen LogP contribution in [0.3, 0.4) is 0 Å². The number of oxazole rings is 1. The number of carbonyl (C=O) groups is 1. The van der Waals surface area contributed by atoms with Crippen LogP contribution in [0.2, 0.25) is 0 Å². The molecule has 0 saturated heterocycles. The van der Waals surface area contributed by atoms with Crippen molar-refractivity contribution in [3.8, 4) is 17.2 Å². The smallest absolute Gasteiger partial charge is 0.273 e. The van der Waals surface area contributed by atoms with E-state index >= 15 is 0 Å². The van der Waals surface area contributed by atoms with Gasteiger partial charge in [0, 0.05) is 12.6 Å². The van der Waals surface area contributed by atoms with E-state index in [-0.39, 0.29) is 31.5 Å². The van der Waals surface area contributed by atoms with Crippen LogP contribution >= 0.6 is 0 Å². The summed E-state index contributed by atoms with van der Waals surface area (Å²) in [5.74, 6) is 1.51. The second-order valence-corrected chi connectivity index (χ2v) is 4.98. The summed E-state index contributed by atoms with van der Waals surface area (Å²) >= 11 is 0. The fourth-order valence-corrected chi connectivity index (χ4v) is 1.96. The quantitative estimate of drug-likeness (QED) is 0.649. The maximum Gasteiger partial charge on any atom is 0.273 e. The molecular weight excluding hydrogens is 320 g/mol. The van der Waals surface area contributed by atoms with Crippen LogP contribution in [0.25, 0.3) is 0 Å². The van der Waals surface area contributed by atoms with Gasteiger partial charge in [-0.25, -0.2) is 4.98 Å². The average molecular weight is 336 g/mol. The predicted octanol–water partition coefficient (Wildman–Crippen LogP) is 0.0653. The van der Waals surface area contributed by atoms with Crippen LogP contribution in [0, 0.1) is 0 Å². The summed E-state index contributed by atoms with van der Waals surface area (Å²) in [6.07, 6.45) is 0.175. The Bertz CT molecular complexity index is 716. The number of fused-ring (bicyclic) bond motifs is 1. The molecule has 1 atom stereocenters. The maximum absolute atomic E-state index is 11.8. The van der Waals surface area contributed by atoms with Crippen molar-refractivity contribution in [1.82, 2.24) is 10.3 Å². The van der Waals surface area contributed by atoms with Crippen LogP contribution in [0.15, 0.2) is 28.9 Å². The lowest BCUT2D eigenvalue weighted by Crippen LogP contribution is -2.34. The van der Waals surface area contributed by atoms with Crippen molar-refractivity contribution >= 4 is 5.91 Å². The Labute approximate surface area is 136 Å². The minimum absolute atomic E-state index is 0.0339. The molecule has 0 fully saturated rings. The normalized spacial score (nSPS) is 13.6. The molecular formula is C15H16N2O7. The van der Waals surface area contributed by atoms with E-state index in [0.29, 0.717) is 17.2 Å². The van der Waals surface area contributed by atoms with Gasteiger partial charge >= 0.3 is 0 Å². The average Bonchev–Trinajstić information content (AvgIpc) is 3.25. The minimum atomic E-state index is -1.02. The lowest BCUT2D eigenvalue weighted by atomic mass is 10.3. The second-order valence-electron chi connectivity index (χ2n) is 4.98. The first kappa shape index (κ1) is 16.1. The van der Waals surface area contributed by atoms with Gasteiger partial charge in [-0.2, -0.15) is 0 Å². The third kappa shape index (κ3) is 3.76. The molecule has 1 aliphatic heterocycles. The molecule has 2 heterocycles. The second kappa shape index (κ2) is 7.20. The summed E-state index contributed by atoms with van der Waals surface area (Å²) in [6, 6.07) is 5.15. The Morgan fingerprint density at radius 1 is 1.38 bits per heavy atom. The molecule has 1 aliphatic rings. The number of aliphatic hydroxyl groups is 2. The molecule has 0 saturated carbocycles. The highest BCUT2D eigenvalue weighted by Crippen LogP contribution is 2.35. The van der Waals surface area contributed by atoms with Crippen LogP contribution < -0.4 is 19.5 Å². The van der Waals surface area contributed by atoms with Gasteiger partial charge in [0.1, 0.15) is 12.0 Å². The van der Waals surface area contributed by atoms with E-state index in [0.717, 1.165) is 0 Å². The zero-order valence-corrected chi connectivity index (χ0v) is 12.6. The Kier molecular flexibility index (Phi) is 4.82. The number of carbonyl (C=O) groups excluding carboxylic acids is 1. The molecule has 0 spiro atoms. The highest BCUT2D eigenvalue weighted by atomic mass is 16.7. The molecule has 9 nitrogen and oxygen atoms in total. The summed E-state index contributed by atoms with van der Waals surface area (Å²) in [6.45, 7) is -0.299. The highest BCUT2D eigenvalue weighted by Gasteiger charge is 2.16. The number of nitrogens with zero attached hydrogens (tertiary/aromatic N) is 1. The Hall–Kier alpha value is -2.78. The minimum Gasteiger partial charge on any atom is -0.484 e. The number of aliphatic hydroxyl groups excluding tert-OH is 2. The topological polar surface area (TPSA) is 123 Å². The van der Waals surface area contributed by atoms with E-state index < -0.39 is 18.6 Å². The first-order valence-corrected chi connectivity index (χ1v) is 7.19. The van der Waals surface area contributed by atoms with Gasteiger partial charge in [0.25, 0.3) is 5.91 Å². The number of hydrogen-bond donors (Lipinski definition) is 3. The fraction of sp³-hybridized carbons (Fsp3) is 0.333. The molecule has 0 bridgehead atoms. The van der Waals surface area contributed by atoms with Gasteiger partial charge in [0.15, 0.2) is 23.8 Å². The monoisotopic (exact) mass is 336 g/mol. The molecule has 0 aliphatic carbocycles. The van der Waals surface area contributed by atoms with E-state index in [2.05, 4.69) is 10.3 Å². The molecule has 0 radical (unpaired) electrons.